The van der Waals surface area contributed by atoms with Crippen molar-refractivity contribution in [3.63, 3.8) is 0 Å². The fraction of sp³-hybridized carbons (Fsp3) is 0.105. The molecule has 0 atom stereocenters. The van der Waals surface area contributed by atoms with E-state index in [4.69, 9.17) is 9.40 Å². The van der Waals surface area contributed by atoms with E-state index in [1.54, 1.807) is 11.3 Å². The van der Waals surface area contributed by atoms with Gasteiger partial charge in [0.2, 0.25) is 5.89 Å². The molecule has 4 nitrogen and oxygen atoms in total. The van der Waals surface area contributed by atoms with Crippen LogP contribution in [0, 0.1) is 0 Å². The summed E-state index contributed by atoms with van der Waals surface area (Å²) in [4.78, 5) is 4.70. The number of thioether (sulfide) groups is 1. The molecule has 0 fully saturated rings. The van der Waals surface area contributed by atoms with Gasteiger partial charge in [-0.1, -0.05) is 64.1 Å². The predicted molar refractivity (Wildman–Crippen MR) is 108 cm³/mol. The van der Waals surface area contributed by atoms with Crippen LogP contribution >= 0.6 is 39.0 Å². The summed E-state index contributed by atoms with van der Waals surface area (Å²) in [5, 5.41) is 12.0. The highest BCUT2D eigenvalue weighted by Crippen LogP contribution is 2.27. The molecule has 0 spiro atoms. The maximum atomic E-state index is 5.74. The van der Waals surface area contributed by atoms with Crippen molar-refractivity contribution in [2.24, 2.45) is 0 Å². The van der Waals surface area contributed by atoms with Gasteiger partial charge in [-0.3, -0.25) is 0 Å². The molecule has 4 aromatic rings. The lowest BCUT2D eigenvalue weighted by molar-refractivity contribution is 0.466. The molecule has 0 N–H and O–H groups in total. The van der Waals surface area contributed by atoms with Crippen LogP contribution in [-0.2, 0) is 12.2 Å². The van der Waals surface area contributed by atoms with Crippen LogP contribution in [0.2, 0.25) is 0 Å². The van der Waals surface area contributed by atoms with E-state index in [9.17, 15) is 0 Å². The molecule has 130 valence electrons. The molecule has 2 aromatic heterocycles. The minimum absolute atomic E-state index is 0.525. The predicted octanol–water partition coefficient (Wildman–Crippen LogP) is 5.84. The number of hydrogen-bond acceptors (Lipinski definition) is 6. The van der Waals surface area contributed by atoms with E-state index in [-0.39, 0.29) is 0 Å². The van der Waals surface area contributed by atoms with Crippen molar-refractivity contribution in [3.8, 4) is 11.5 Å². The Labute approximate surface area is 167 Å². The lowest BCUT2D eigenvalue weighted by Crippen LogP contribution is -1.88. The van der Waals surface area contributed by atoms with E-state index in [1.807, 2.05) is 30.3 Å². The highest BCUT2D eigenvalue weighted by atomic mass is 79.9. The number of aromatic nitrogens is 3. The number of nitrogens with zero attached hydrogens (tertiary/aromatic N) is 3. The summed E-state index contributed by atoms with van der Waals surface area (Å²) in [6, 6.07) is 18.2. The van der Waals surface area contributed by atoms with E-state index in [0.717, 1.165) is 27.2 Å². The third-order valence-corrected chi connectivity index (χ3v) is 5.86. The lowest BCUT2D eigenvalue weighted by atomic mass is 10.2. The zero-order valence-corrected chi connectivity index (χ0v) is 16.9. The van der Waals surface area contributed by atoms with Gasteiger partial charge >= 0.3 is 0 Å². The van der Waals surface area contributed by atoms with E-state index in [2.05, 4.69) is 55.8 Å². The van der Waals surface area contributed by atoms with Gasteiger partial charge in [0.25, 0.3) is 5.22 Å². The maximum Gasteiger partial charge on any atom is 0.277 e. The summed E-state index contributed by atoms with van der Waals surface area (Å²) >= 11 is 6.64. The molecular weight excluding hydrogens is 430 g/mol. The topological polar surface area (TPSA) is 51.8 Å². The largest absolute Gasteiger partial charge is 0.411 e. The number of rotatable bonds is 6. The van der Waals surface area contributed by atoms with Crippen molar-refractivity contribution >= 4 is 39.0 Å². The molecule has 0 aliphatic heterocycles. The zero-order chi connectivity index (χ0) is 17.8. The van der Waals surface area contributed by atoms with Crippen molar-refractivity contribution in [3.05, 3.63) is 80.7 Å². The smallest absolute Gasteiger partial charge is 0.277 e. The Morgan fingerprint density at radius 3 is 2.77 bits per heavy atom. The molecule has 2 aromatic carbocycles. The van der Waals surface area contributed by atoms with Crippen LogP contribution in [0.1, 0.15) is 16.3 Å². The van der Waals surface area contributed by atoms with Gasteiger partial charge in [-0.25, -0.2) is 4.98 Å². The SMILES string of the molecule is Brc1cccc(-c2nnc(SCc3csc(Cc4ccccc4)n3)o2)c1. The van der Waals surface area contributed by atoms with Crippen LogP contribution in [-0.4, -0.2) is 15.2 Å². The van der Waals surface area contributed by atoms with Crippen molar-refractivity contribution in [1.82, 2.24) is 15.2 Å². The summed E-state index contributed by atoms with van der Waals surface area (Å²) in [7, 11) is 0. The first kappa shape index (κ1) is 17.5. The summed E-state index contributed by atoms with van der Waals surface area (Å²) in [6.07, 6.45) is 0.865. The van der Waals surface area contributed by atoms with E-state index >= 15 is 0 Å². The molecule has 0 unspecified atom stereocenters. The van der Waals surface area contributed by atoms with Gasteiger partial charge in [0.05, 0.1) is 10.7 Å². The average molecular weight is 444 g/mol. The first-order valence-electron chi connectivity index (χ1n) is 7.96. The second-order valence-corrected chi connectivity index (χ2v) is 8.35. The highest BCUT2D eigenvalue weighted by molar-refractivity contribution is 9.10. The third-order valence-electron chi connectivity index (χ3n) is 3.62. The molecule has 26 heavy (non-hydrogen) atoms. The molecule has 0 radical (unpaired) electrons. The number of thiazole rings is 1. The fourth-order valence-electron chi connectivity index (χ4n) is 2.41. The van der Waals surface area contributed by atoms with E-state index in [0.29, 0.717) is 16.9 Å². The van der Waals surface area contributed by atoms with E-state index < -0.39 is 0 Å². The van der Waals surface area contributed by atoms with Crippen molar-refractivity contribution in [1.29, 1.82) is 0 Å². The van der Waals surface area contributed by atoms with Crippen LogP contribution in [0.3, 0.4) is 0 Å². The molecule has 0 amide bonds. The minimum atomic E-state index is 0.525. The highest BCUT2D eigenvalue weighted by Gasteiger charge is 2.11. The molecule has 2 heterocycles. The van der Waals surface area contributed by atoms with Crippen LogP contribution in [0.25, 0.3) is 11.5 Å². The fourth-order valence-corrected chi connectivity index (χ4v) is 4.40. The monoisotopic (exact) mass is 443 g/mol. The number of hydrogen-bond donors (Lipinski definition) is 0. The second-order valence-electron chi connectivity index (χ2n) is 5.57. The van der Waals surface area contributed by atoms with Gasteiger partial charge in [0.15, 0.2) is 0 Å². The average Bonchev–Trinajstić information content (AvgIpc) is 3.30. The van der Waals surface area contributed by atoms with Crippen molar-refractivity contribution < 1.29 is 4.42 Å². The number of halogens is 1. The lowest BCUT2D eigenvalue weighted by Gasteiger charge is -1.96. The molecule has 0 aliphatic carbocycles. The summed E-state index contributed by atoms with van der Waals surface area (Å²) < 4.78 is 6.73. The molecule has 0 saturated carbocycles. The van der Waals surface area contributed by atoms with Crippen LogP contribution in [0.4, 0.5) is 0 Å². The number of benzene rings is 2. The normalized spacial score (nSPS) is 11.0. The van der Waals surface area contributed by atoms with Gasteiger partial charge in [0, 0.05) is 27.6 Å². The van der Waals surface area contributed by atoms with Crippen LogP contribution in [0.5, 0.6) is 0 Å². The van der Waals surface area contributed by atoms with Gasteiger partial charge in [-0.2, -0.15) is 0 Å². The Morgan fingerprint density at radius 2 is 1.92 bits per heavy atom. The second kappa shape index (κ2) is 8.16. The van der Waals surface area contributed by atoms with E-state index in [1.165, 1.54) is 17.3 Å². The van der Waals surface area contributed by atoms with Crippen LogP contribution in [0.15, 0.2) is 74.1 Å². The quantitative estimate of drug-likeness (QED) is 0.350. The Bertz CT molecular complexity index is 1000. The van der Waals surface area contributed by atoms with Crippen molar-refractivity contribution in [2.45, 2.75) is 17.4 Å². The van der Waals surface area contributed by atoms with Gasteiger partial charge in [0.1, 0.15) is 0 Å². The molecular formula is C19H14BrN3OS2. The summed E-state index contributed by atoms with van der Waals surface area (Å²) in [5.74, 6) is 1.24. The summed E-state index contributed by atoms with van der Waals surface area (Å²) in [6.45, 7) is 0. The first-order valence-corrected chi connectivity index (χ1v) is 10.6. The van der Waals surface area contributed by atoms with Crippen molar-refractivity contribution in [2.75, 3.05) is 0 Å². The first-order chi connectivity index (χ1) is 12.8. The summed E-state index contributed by atoms with van der Waals surface area (Å²) in [5.41, 5.74) is 3.21. The Balaban J connectivity index is 1.38. The molecule has 0 saturated heterocycles. The third kappa shape index (κ3) is 4.41. The molecule has 7 heteroatoms. The minimum Gasteiger partial charge on any atom is -0.411 e. The molecule has 0 bridgehead atoms. The maximum absolute atomic E-state index is 5.74. The molecule has 4 rings (SSSR count). The standard InChI is InChI=1S/C19H14BrN3OS2/c20-15-8-4-7-14(10-15)18-22-23-19(24-18)26-12-16-11-25-17(21-16)9-13-5-2-1-3-6-13/h1-8,10-11H,9,12H2. The van der Waals surface area contributed by atoms with Gasteiger partial charge < -0.3 is 4.42 Å². The Kier molecular flexibility index (Phi) is 5.48. The van der Waals surface area contributed by atoms with Gasteiger partial charge in [-0.05, 0) is 23.8 Å². The Hall–Kier alpha value is -1.96. The zero-order valence-electron chi connectivity index (χ0n) is 13.6. The Morgan fingerprint density at radius 1 is 1.04 bits per heavy atom. The molecule has 0 aliphatic rings. The van der Waals surface area contributed by atoms with Gasteiger partial charge in [-0.15, -0.1) is 21.5 Å². The van der Waals surface area contributed by atoms with Crippen LogP contribution < -0.4 is 0 Å².